The molecule has 3 rings (SSSR count). The van der Waals surface area contributed by atoms with Gasteiger partial charge in [-0.2, -0.15) is 0 Å². The quantitative estimate of drug-likeness (QED) is 0.292. The highest BCUT2D eigenvalue weighted by Gasteiger charge is 2.24. The van der Waals surface area contributed by atoms with Crippen LogP contribution in [0.1, 0.15) is 29.8 Å². The van der Waals surface area contributed by atoms with E-state index in [0.29, 0.717) is 0 Å². The molecule has 0 spiro atoms. The number of nitrogen functional groups attached to an aromatic ring is 1. The van der Waals surface area contributed by atoms with Crippen LogP contribution in [0.5, 0.6) is 0 Å². The summed E-state index contributed by atoms with van der Waals surface area (Å²) in [5.74, 6) is -1.60. The van der Waals surface area contributed by atoms with Gasteiger partial charge in [0, 0.05) is 11.4 Å². The van der Waals surface area contributed by atoms with E-state index in [4.69, 9.17) is 10.5 Å². The Hall–Kier alpha value is -3.59. The highest BCUT2D eigenvalue weighted by molar-refractivity contribution is 8.00. The van der Waals surface area contributed by atoms with Gasteiger partial charge in [-0.15, -0.1) is 11.8 Å². The van der Waals surface area contributed by atoms with Crippen LogP contribution in [0.25, 0.3) is 0 Å². The fourth-order valence-corrected chi connectivity index (χ4v) is 4.14. The first kappa shape index (κ1) is 24.1. The third-order valence-electron chi connectivity index (χ3n) is 4.98. The summed E-state index contributed by atoms with van der Waals surface area (Å²) in [6.07, 6.45) is 0. The number of aromatic nitrogens is 2. The number of carbonyl (C=O) groups excluding carboxylic acids is 2. The lowest BCUT2D eigenvalue weighted by molar-refractivity contribution is -0.141. The van der Waals surface area contributed by atoms with Crippen LogP contribution in [0.3, 0.4) is 0 Å². The molecular formula is C24H25N3O5S. The standard InChI is InChI=1S/C24H25N3O5S/c1-3-26-22(29)20(21(25)27(24(26)31)14-17-10-6-4-7-11-17)19(28)15-32-23(30)16(2)33-18-12-8-5-9-13-18/h4-13,16H,3,14-15,25H2,1-2H3. The minimum atomic E-state index is -0.794. The molecule has 1 atom stereocenters. The Balaban J connectivity index is 1.82. The third kappa shape index (κ3) is 5.61. The molecule has 172 valence electrons. The number of carbonyl (C=O) groups is 2. The number of anilines is 1. The smallest absolute Gasteiger partial charge is 0.332 e. The van der Waals surface area contributed by atoms with Gasteiger partial charge in [0.15, 0.2) is 6.61 Å². The lowest BCUT2D eigenvalue weighted by Gasteiger charge is -2.16. The maximum Gasteiger partial charge on any atom is 0.332 e. The number of hydrogen-bond acceptors (Lipinski definition) is 7. The van der Waals surface area contributed by atoms with Gasteiger partial charge in [0.25, 0.3) is 5.56 Å². The first-order chi connectivity index (χ1) is 15.8. The first-order valence-corrected chi connectivity index (χ1v) is 11.3. The Labute approximate surface area is 195 Å². The van der Waals surface area contributed by atoms with Crippen molar-refractivity contribution in [2.45, 2.75) is 37.1 Å². The number of ketones is 1. The van der Waals surface area contributed by atoms with Crippen molar-refractivity contribution in [3.8, 4) is 0 Å². The van der Waals surface area contributed by atoms with E-state index >= 15 is 0 Å². The van der Waals surface area contributed by atoms with E-state index in [-0.39, 0.29) is 24.5 Å². The summed E-state index contributed by atoms with van der Waals surface area (Å²) in [6, 6.07) is 18.4. The number of rotatable bonds is 9. The van der Waals surface area contributed by atoms with E-state index in [0.717, 1.165) is 15.0 Å². The van der Waals surface area contributed by atoms with Crippen molar-refractivity contribution in [1.82, 2.24) is 9.13 Å². The number of esters is 1. The van der Waals surface area contributed by atoms with Gasteiger partial charge in [-0.3, -0.25) is 23.5 Å². The molecule has 0 bridgehead atoms. The average molecular weight is 468 g/mol. The second kappa shape index (κ2) is 10.8. The van der Waals surface area contributed by atoms with Crippen molar-refractivity contribution in [3.63, 3.8) is 0 Å². The number of nitrogens with zero attached hydrogens (tertiary/aromatic N) is 2. The molecule has 3 aromatic rings. The predicted octanol–water partition coefficient (Wildman–Crippen LogP) is 2.57. The number of nitrogens with two attached hydrogens (primary N) is 1. The molecule has 2 N–H and O–H groups in total. The Kier molecular flexibility index (Phi) is 7.89. The monoisotopic (exact) mass is 467 g/mol. The zero-order chi connectivity index (χ0) is 24.0. The van der Waals surface area contributed by atoms with Crippen LogP contribution < -0.4 is 17.0 Å². The van der Waals surface area contributed by atoms with Crippen molar-refractivity contribution < 1.29 is 14.3 Å². The molecule has 2 aromatic carbocycles. The molecule has 1 unspecified atom stereocenters. The van der Waals surface area contributed by atoms with E-state index in [1.165, 1.54) is 16.3 Å². The minimum absolute atomic E-state index is 0.0670. The molecule has 1 aromatic heterocycles. The van der Waals surface area contributed by atoms with Gasteiger partial charge in [0.05, 0.1) is 6.54 Å². The van der Waals surface area contributed by atoms with Crippen LogP contribution in [0.4, 0.5) is 5.82 Å². The van der Waals surface area contributed by atoms with Crippen LogP contribution in [0.15, 0.2) is 75.1 Å². The molecule has 0 saturated carbocycles. The van der Waals surface area contributed by atoms with Crippen LogP contribution in [-0.4, -0.2) is 32.7 Å². The highest BCUT2D eigenvalue weighted by Crippen LogP contribution is 2.23. The molecule has 0 radical (unpaired) electrons. The summed E-state index contributed by atoms with van der Waals surface area (Å²) >= 11 is 1.30. The summed E-state index contributed by atoms with van der Waals surface area (Å²) in [6.45, 7) is 2.81. The van der Waals surface area contributed by atoms with Crippen molar-refractivity contribution in [3.05, 3.63) is 92.6 Å². The van der Waals surface area contributed by atoms with E-state index < -0.39 is 34.9 Å². The zero-order valence-electron chi connectivity index (χ0n) is 18.4. The van der Waals surface area contributed by atoms with Gasteiger partial charge < -0.3 is 10.5 Å². The number of Topliss-reactive ketones (excluding diaryl/α,β-unsaturated/α-hetero) is 1. The maximum absolute atomic E-state index is 12.9. The number of thioether (sulfide) groups is 1. The first-order valence-electron chi connectivity index (χ1n) is 10.4. The van der Waals surface area contributed by atoms with Crippen molar-refractivity contribution >= 4 is 29.3 Å². The van der Waals surface area contributed by atoms with E-state index in [1.54, 1.807) is 13.8 Å². The summed E-state index contributed by atoms with van der Waals surface area (Å²) < 4.78 is 7.29. The van der Waals surface area contributed by atoms with Crippen LogP contribution in [0, 0.1) is 0 Å². The van der Waals surface area contributed by atoms with E-state index in [9.17, 15) is 19.2 Å². The van der Waals surface area contributed by atoms with Crippen LogP contribution in [0.2, 0.25) is 0 Å². The van der Waals surface area contributed by atoms with Gasteiger partial charge in [-0.05, 0) is 31.5 Å². The zero-order valence-corrected chi connectivity index (χ0v) is 19.2. The molecule has 0 amide bonds. The minimum Gasteiger partial charge on any atom is -0.456 e. The second-order valence-electron chi connectivity index (χ2n) is 7.27. The lowest BCUT2D eigenvalue weighted by Crippen LogP contribution is -2.44. The van der Waals surface area contributed by atoms with Gasteiger partial charge in [0.1, 0.15) is 16.6 Å². The van der Waals surface area contributed by atoms with Crippen LogP contribution >= 0.6 is 11.8 Å². The fourth-order valence-electron chi connectivity index (χ4n) is 3.25. The summed E-state index contributed by atoms with van der Waals surface area (Å²) in [7, 11) is 0. The van der Waals surface area contributed by atoms with Crippen LogP contribution in [-0.2, 0) is 22.6 Å². The van der Waals surface area contributed by atoms with Gasteiger partial charge >= 0.3 is 11.7 Å². The molecule has 8 nitrogen and oxygen atoms in total. The second-order valence-corrected chi connectivity index (χ2v) is 8.68. The molecule has 0 aliphatic rings. The SMILES string of the molecule is CCn1c(=O)c(C(=O)COC(=O)C(C)Sc2ccccc2)c(N)n(Cc2ccccc2)c1=O. The van der Waals surface area contributed by atoms with Gasteiger partial charge in [0.2, 0.25) is 5.78 Å². The highest BCUT2D eigenvalue weighted by atomic mass is 32.2. The van der Waals surface area contributed by atoms with E-state index in [1.807, 2.05) is 60.7 Å². The largest absolute Gasteiger partial charge is 0.456 e. The molecule has 1 heterocycles. The predicted molar refractivity (Wildman–Crippen MR) is 128 cm³/mol. The normalized spacial score (nSPS) is 11.7. The number of ether oxygens (including phenoxy) is 1. The molecule has 0 aliphatic carbocycles. The summed E-state index contributed by atoms with van der Waals surface area (Å²) in [4.78, 5) is 51.7. The third-order valence-corrected chi connectivity index (χ3v) is 6.07. The van der Waals surface area contributed by atoms with E-state index in [2.05, 4.69) is 0 Å². The summed E-state index contributed by atoms with van der Waals surface area (Å²) in [5, 5.41) is -0.558. The van der Waals surface area contributed by atoms with Crippen molar-refractivity contribution in [2.24, 2.45) is 0 Å². The number of hydrogen-bond donors (Lipinski definition) is 1. The Morgan fingerprint density at radius 1 is 1.00 bits per heavy atom. The average Bonchev–Trinajstić information content (AvgIpc) is 2.82. The molecular weight excluding hydrogens is 442 g/mol. The van der Waals surface area contributed by atoms with Crippen molar-refractivity contribution in [2.75, 3.05) is 12.3 Å². The van der Waals surface area contributed by atoms with Crippen molar-refractivity contribution in [1.29, 1.82) is 0 Å². The summed E-state index contributed by atoms with van der Waals surface area (Å²) in [5.41, 5.74) is 5.13. The Bertz CT molecular complexity index is 1250. The number of benzene rings is 2. The molecule has 0 saturated heterocycles. The lowest BCUT2D eigenvalue weighted by atomic mass is 10.2. The van der Waals surface area contributed by atoms with Gasteiger partial charge in [-0.25, -0.2) is 4.79 Å². The maximum atomic E-state index is 12.9. The molecule has 0 aliphatic heterocycles. The Morgan fingerprint density at radius 3 is 2.21 bits per heavy atom. The Morgan fingerprint density at radius 2 is 1.61 bits per heavy atom. The molecule has 0 fully saturated rings. The van der Waals surface area contributed by atoms with Gasteiger partial charge in [-0.1, -0.05) is 48.5 Å². The molecule has 9 heteroatoms. The molecule has 33 heavy (non-hydrogen) atoms. The topological polar surface area (TPSA) is 113 Å². The fraction of sp³-hybridized carbons (Fsp3) is 0.250.